The molecule has 28 heavy (non-hydrogen) atoms. The van der Waals surface area contributed by atoms with Crippen LogP contribution in [0.5, 0.6) is 0 Å². The number of piperidine rings is 1. The van der Waals surface area contributed by atoms with Crippen molar-refractivity contribution >= 4 is 17.5 Å². The van der Waals surface area contributed by atoms with Crippen LogP contribution >= 0.6 is 0 Å². The lowest BCUT2D eigenvalue weighted by Crippen LogP contribution is -2.46. The number of hydrogen-bond acceptors (Lipinski definition) is 6. The van der Waals surface area contributed by atoms with Crippen molar-refractivity contribution in [2.24, 2.45) is 0 Å². The fraction of sp³-hybridized carbons (Fsp3) is 0.562. The van der Waals surface area contributed by atoms with Gasteiger partial charge in [0.15, 0.2) is 0 Å². The molecule has 1 atom stereocenters. The van der Waals surface area contributed by atoms with Crippen molar-refractivity contribution in [1.82, 2.24) is 25.1 Å². The molecule has 3 N–H and O–H groups in total. The van der Waals surface area contributed by atoms with Crippen molar-refractivity contribution in [1.29, 1.82) is 0 Å². The lowest BCUT2D eigenvalue weighted by Gasteiger charge is -2.32. The van der Waals surface area contributed by atoms with Crippen molar-refractivity contribution in [3.8, 4) is 0 Å². The van der Waals surface area contributed by atoms with Gasteiger partial charge >= 0.3 is 6.18 Å². The van der Waals surface area contributed by atoms with Crippen molar-refractivity contribution in [3.05, 3.63) is 23.7 Å². The average molecular weight is 405 g/mol. The second kappa shape index (κ2) is 7.49. The van der Waals surface area contributed by atoms with Gasteiger partial charge in [0, 0.05) is 32.3 Å². The van der Waals surface area contributed by atoms with Gasteiger partial charge in [-0.3, -0.25) is 4.68 Å². The second-order valence-corrected chi connectivity index (χ2v) is 6.43. The summed E-state index contributed by atoms with van der Waals surface area (Å²) in [6, 6.07) is -1.15. The Morgan fingerprint density at radius 3 is 2.71 bits per heavy atom. The third-order valence-corrected chi connectivity index (χ3v) is 4.49. The highest BCUT2D eigenvalue weighted by atomic mass is 19.4. The summed E-state index contributed by atoms with van der Waals surface area (Å²) in [5.41, 5.74) is -0.245. The number of alkyl halides is 5. The summed E-state index contributed by atoms with van der Waals surface area (Å²) in [5, 5.41) is 12.3. The molecule has 1 fully saturated rings. The Kier molecular flexibility index (Phi) is 5.41. The van der Waals surface area contributed by atoms with Crippen molar-refractivity contribution < 1.29 is 22.0 Å². The predicted molar refractivity (Wildman–Crippen MR) is 92.9 cm³/mol. The Balaban J connectivity index is 1.87. The molecule has 0 radical (unpaired) electrons. The van der Waals surface area contributed by atoms with Crippen LogP contribution in [0.2, 0.25) is 0 Å². The summed E-state index contributed by atoms with van der Waals surface area (Å²) in [5.74, 6) is -3.37. The van der Waals surface area contributed by atoms with E-state index in [2.05, 4.69) is 31.0 Å². The summed E-state index contributed by atoms with van der Waals surface area (Å²) in [6.07, 6.45) is -2.90. The maximum Gasteiger partial charge on any atom is 0.421 e. The number of anilines is 3. The first-order valence-corrected chi connectivity index (χ1v) is 8.71. The maximum atomic E-state index is 14.2. The molecule has 1 saturated heterocycles. The third-order valence-electron chi connectivity index (χ3n) is 4.49. The number of halogens is 5. The molecule has 0 bridgehead atoms. The lowest BCUT2D eigenvalue weighted by atomic mass is 10.0. The van der Waals surface area contributed by atoms with Gasteiger partial charge in [-0.05, 0) is 13.8 Å². The summed E-state index contributed by atoms with van der Waals surface area (Å²) >= 11 is 0. The Bertz CT molecular complexity index is 833. The minimum absolute atomic E-state index is 0.0658. The van der Waals surface area contributed by atoms with Crippen LogP contribution in [-0.2, 0) is 6.18 Å². The van der Waals surface area contributed by atoms with E-state index in [4.69, 9.17) is 0 Å². The quantitative estimate of drug-likeness (QED) is 0.663. The molecule has 1 aliphatic rings. The highest BCUT2D eigenvalue weighted by Gasteiger charge is 2.44. The van der Waals surface area contributed by atoms with E-state index in [1.165, 1.54) is 10.9 Å². The summed E-state index contributed by atoms with van der Waals surface area (Å²) in [7, 11) is 0. The fourth-order valence-corrected chi connectivity index (χ4v) is 3.01. The van der Waals surface area contributed by atoms with Crippen molar-refractivity contribution in [2.45, 2.75) is 38.4 Å². The molecule has 154 valence electrons. The second-order valence-electron chi connectivity index (χ2n) is 6.43. The van der Waals surface area contributed by atoms with Gasteiger partial charge in [0.2, 0.25) is 5.95 Å². The largest absolute Gasteiger partial charge is 0.421 e. The Hall–Kier alpha value is -2.50. The van der Waals surface area contributed by atoms with E-state index in [-0.39, 0.29) is 37.8 Å². The van der Waals surface area contributed by atoms with Crippen molar-refractivity contribution in [2.75, 3.05) is 30.3 Å². The first kappa shape index (κ1) is 20.2. The van der Waals surface area contributed by atoms with E-state index in [1.807, 2.05) is 0 Å². The molecule has 0 amide bonds. The fourth-order valence-electron chi connectivity index (χ4n) is 3.01. The molecule has 7 nitrogen and oxygen atoms in total. The normalized spacial score (nSPS) is 19.5. The molecule has 2 aromatic rings. The lowest BCUT2D eigenvalue weighted by molar-refractivity contribution is -0.137. The van der Waals surface area contributed by atoms with E-state index in [0.29, 0.717) is 17.6 Å². The monoisotopic (exact) mass is 405 g/mol. The Morgan fingerprint density at radius 2 is 2.07 bits per heavy atom. The molecule has 0 spiro atoms. The Labute approximate surface area is 157 Å². The van der Waals surface area contributed by atoms with Crippen LogP contribution in [0, 0.1) is 6.92 Å². The molecule has 12 heteroatoms. The van der Waals surface area contributed by atoms with E-state index in [0.717, 1.165) is 0 Å². The van der Waals surface area contributed by atoms with E-state index >= 15 is 0 Å². The van der Waals surface area contributed by atoms with Crippen LogP contribution in [0.4, 0.5) is 39.4 Å². The van der Waals surface area contributed by atoms with Crippen LogP contribution in [0.1, 0.15) is 30.6 Å². The molecule has 3 rings (SSSR count). The van der Waals surface area contributed by atoms with Gasteiger partial charge in [0.1, 0.15) is 17.4 Å². The number of hydrogen-bond donors (Lipinski definition) is 3. The highest BCUT2D eigenvalue weighted by Crippen LogP contribution is 2.36. The molecule has 0 unspecified atom stereocenters. The summed E-state index contributed by atoms with van der Waals surface area (Å²) in [4.78, 5) is 7.56. The molecule has 0 saturated carbocycles. The standard InChI is InChI=1S/C16H20F5N7/c1-3-23-13-10(16(19,20)21)6-24-14(27-13)26-11-7-25-28(9(11)2)12-8-22-5-4-15(12,17)18/h6-7,12,22H,3-5,8H2,1-2H3,(H2,23,24,26,27)/t12-/m1/s1. The van der Waals surface area contributed by atoms with E-state index in [1.54, 1.807) is 13.8 Å². The summed E-state index contributed by atoms with van der Waals surface area (Å²) in [6.45, 7) is 3.76. The van der Waals surface area contributed by atoms with Gasteiger partial charge in [-0.1, -0.05) is 0 Å². The smallest absolute Gasteiger partial charge is 0.370 e. The first-order valence-electron chi connectivity index (χ1n) is 8.71. The first-order chi connectivity index (χ1) is 13.1. The van der Waals surface area contributed by atoms with Crippen molar-refractivity contribution in [3.63, 3.8) is 0 Å². The summed E-state index contributed by atoms with van der Waals surface area (Å²) < 4.78 is 68.8. The number of aromatic nitrogens is 4. The maximum absolute atomic E-state index is 14.2. The zero-order chi connectivity index (χ0) is 20.5. The molecule has 3 heterocycles. The topological polar surface area (TPSA) is 79.7 Å². The van der Waals surface area contributed by atoms with Crippen LogP contribution in [0.3, 0.4) is 0 Å². The van der Waals surface area contributed by atoms with Gasteiger partial charge < -0.3 is 16.0 Å². The molecular weight excluding hydrogens is 385 g/mol. The minimum Gasteiger partial charge on any atom is -0.370 e. The molecule has 1 aliphatic heterocycles. The molecule has 2 aromatic heterocycles. The van der Waals surface area contributed by atoms with E-state index in [9.17, 15) is 22.0 Å². The number of nitrogens with zero attached hydrogens (tertiary/aromatic N) is 4. The van der Waals surface area contributed by atoms with Crippen LogP contribution < -0.4 is 16.0 Å². The molecular formula is C16H20F5N7. The highest BCUT2D eigenvalue weighted by molar-refractivity contribution is 5.58. The van der Waals surface area contributed by atoms with Crippen LogP contribution in [-0.4, -0.2) is 45.3 Å². The number of nitrogens with one attached hydrogen (secondary N) is 3. The predicted octanol–water partition coefficient (Wildman–Crippen LogP) is 3.35. The number of rotatable bonds is 5. The van der Waals surface area contributed by atoms with Gasteiger partial charge in [-0.2, -0.15) is 23.3 Å². The Morgan fingerprint density at radius 1 is 1.32 bits per heavy atom. The third kappa shape index (κ3) is 4.01. The van der Waals surface area contributed by atoms with Crippen LogP contribution in [0.25, 0.3) is 0 Å². The van der Waals surface area contributed by atoms with Gasteiger partial charge in [-0.25, -0.2) is 13.8 Å². The zero-order valence-corrected chi connectivity index (χ0v) is 15.2. The minimum atomic E-state index is -4.60. The van der Waals surface area contributed by atoms with Gasteiger partial charge in [-0.15, -0.1) is 0 Å². The van der Waals surface area contributed by atoms with Gasteiger partial charge in [0.25, 0.3) is 5.92 Å². The molecule has 0 aromatic carbocycles. The van der Waals surface area contributed by atoms with Crippen LogP contribution in [0.15, 0.2) is 12.4 Å². The van der Waals surface area contributed by atoms with Gasteiger partial charge in [0.05, 0.1) is 17.6 Å². The zero-order valence-electron chi connectivity index (χ0n) is 15.2. The average Bonchev–Trinajstić information content (AvgIpc) is 2.94. The SMILES string of the molecule is CCNc1nc(Nc2cnn([C@@H]3CNCCC3(F)F)c2C)ncc1C(F)(F)F. The molecule has 0 aliphatic carbocycles. The van der Waals surface area contributed by atoms with E-state index < -0.39 is 23.7 Å².